The first-order chi connectivity index (χ1) is 12.6. The van der Waals surface area contributed by atoms with E-state index in [-0.39, 0.29) is 17.7 Å². The topological polar surface area (TPSA) is 40.6 Å². The molecule has 0 N–H and O–H groups in total. The fraction of sp³-hybridized carbons (Fsp3) is 0.364. The molecule has 3 rings (SSSR count). The molecule has 0 saturated carbocycles. The molecular weight excluding hydrogens is 324 g/mol. The number of amides is 1. The third-order valence-corrected chi connectivity index (χ3v) is 5.08. The van der Waals surface area contributed by atoms with Crippen molar-refractivity contribution in [3.05, 3.63) is 71.8 Å². The van der Waals surface area contributed by atoms with Gasteiger partial charge in [-0.2, -0.15) is 0 Å². The van der Waals surface area contributed by atoms with Crippen molar-refractivity contribution in [2.24, 2.45) is 0 Å². The van der Waals surface area contributed by atoms with Gasteiger partial charge in [0, 0.05) is 38.0 Å². The minimum Gasteiger partial charge on any atom is -0.339 e. The quantitative estimate of drug-likeness (QED) is 0.748. The Kier molecular flexibility index (Phi) is 6.18. The average molecular weight is 350 g/mol. The Hall–Kier alpha value is -2.46. The van der Waals surface area contributed by atoms with E-state index in [2.05, 4.69) is 24.1 Å². The fourth-order valence-electron chi connectivity index (χ4n) is 3.46. The third-order valence-electron chi connectivity index (χ3n) is 5.08. The molecule has 1 aliphatic rings. The van der Waals surface area contributed by atoms with Crippen LogP contribution in [0.3, 0.4) is 0 Å². The summed E-state index contributed by atoms with van der Waals surface area (Å²) in [6.45, 7) is 2.34. The lowest BCUT2D eigenvalue weighted by Crippen LogP contribution is -2.48. The van der Waals surface area contributed by atoms with E-state index in [0.29, 0.717) is 25.8 Å². The second-order valence-electron chi connectivity index (χ2n) is 6.89. The highest BCUT2D eigenvalue weighted by molar-refractivity contribution is 5.96. The second kappa shape index (κ2) is 8.77. The number of benzene rings is 2. The molecule has 136 valence electrons. The molecule has 1 unspecified atom stereocenters. The number of carbonyl (C=O) groups excluding carboxylic acids is 2. The van der Waals surface area contributed by atoms with E-state index in [0.717, 1.165) is 18.7 Å². The predicted molar refractivity (Wildman–Crippen MR) is 103 cm³/mol. The molecule has 4 heteroatoms. The number of nitrogens with zero attached hydrogens (tertiary/aromatic N) is 2. The summed E-state index contributed by atoms with van der Waals surface area (Å²) in [5.41, 5.74) is 1.97. The van der Waals surface area contributed by atoms with Gasteiger partial charge in [0.2, 0.25) is 5.91 Å². The molecule has 0 radical (unpaired) electrons. The minimum absolute atomic E-state index is 0.110. The lowest BCUT2D eigenvalue weighted by Gasteiger charge is -2.39. The Morgan fingerprint density at radius 2 is 1.58 bits per heavy atom. The molecule has 1 aliphatic heterocycles. The second-order valence-corrected chi connectivity index (χ2v) is 6.89. The first-order valence-electron chi connectivity index (χ1n) is 9.26. The Morgan fingerprint density at radius 1 is 0.923 bits per heavy atom. The van der Waals surface area contributed by atoms with Crippen molar-refractivity contribution in [3.63, 3.8) is 0 Å². The van der Waals surface area contributed by atoms with Crippen LogP contribution in [0.2, 0.25) is 0 Å². The van der Waals surface area contributed by atoms with Crippen LogP contribution in [0.4, 0.5) is 0 Å². The van der Waals surface area contributed by atoms with Crippen LogP contribution in [0.25, 0.3) is 0 Å². The standard InChI is InChI=1S/C22H26N2O2/c1-23-15-16-24(17-20(23)18-9-4-2-5-10-18)22(26)14-8-13-21(25)19-11-6-3-7-12-19/h2-7,9-12,20H,8,13-17H2,1H3. The van der Waals surface area contributed by atoms with E-state index in [1.807, 2.05) is 53.4 Å². The van der Waals surface area contributed by atoms with Gasteiger partial charge in [-0.25, -0.2) is 0 Å². The van der Waals surface area contributed by atoms with Gasteiger partial charge in [-0.15, -0.1) is 0 Å². The smallest absolute Gasteiger partial charge is 0.222 e. The maximum Gasteiger partial charge on any atom is 0.222 e. The zero-order chi connectivity index (χ0) is 18.4. The highest BCUT2D eigenvalue weighted by Gasteiger charge is 2.28. The minimum atomic E-state index is 0.110. The summed E-state index contributed by atoms with van der Waals surface area (Å²) < 4.78 is 0. The molecule has 1 fully saturated rings. The van der Waals surface area contributed by atoms with Crippen molar-refractivity contribution in [2.45, 2.75) is 25.3 Å². The predicted octanol–water partition coefficient (Wildman–Crippen LogP) is 3.55. The summed E-state index contributed by atoms with van der Waals surface area (Å²) >= 11 is 0. The van der Waals surface area contributed by atoms with Crippen LogP contribution >= 0.6 is 0 Å². The Bertz CT molecular complexity index is 730. The van der Waals surface area contributed by atoms with Crippen LogP contribution in [0.5, 0.6) is 0 Å². The molecule has 0 spiro atoms. The summed E-state index contributed by atoms with van der Waals surface area (Å²) in [5, 5.41) is 0. The first-order valence-corrected chi connectivity index (χ1v) is 9.26. The number of Topliss-reactive ketones (excluding diaryl/α,β-unsaturated/α-hetero) is 1. The van der Waals surface area contributed by atoms with Crippen molar-refractivity contribution in [3.8, 4) is 0 Å². The monoisotopic (exact) mass is 350 g/mol. The number of hydrogen-bond acceptors (Lipinski definition) is 3. The summed E-state index contributed by atoms with van der Waals surface area (Å²) in [6.07, 6.45) is 1.46. The molecule has 1 atom stereocenters. The van der Waals surface area contributed by atoms with E-state index in [1.54, 1.807) is 0 Å². The Labute approximate surface area is 155 Å². The van der Waals surface area contributed by atoms with Crippen LogP contribution in [0, 0.1) is 0 Å². The summed E-state index contributed by atoms with van der Waals surface area (Å²) in [5.74, 6) is 0.263. The van der Waals surface area contributed by atoms with Gasteiger partial charge < -0.3 is 4.90 Å². The van der Waals surface area contributed by atoms with Gasteiger partial charge in [-0.3, -0.25) is 14.5 Å². The van der Waals surface area contributed by atoms with E-state index >= 15 is 0 Å². The summed E-state index contributed by atoms with van der Waals surface area (Å²) in [7, 11) is 2.11. The lowest BCUT2D eigenvalue weighted by molar-refractivity contribution is -0.134. The van der Waals surface area contributed by atoms with Crippen molar-refractivity contribution < 1.29 is 9.59 Å². The zero-order valence-corrected chi connectivity index (χ0v) is 15.3. The molecule has 26 heavy (non-hydrogen) atoms. The van der Waals surface area contributed by atoms with Crippen molar-refractivity contribution in [1.82, 2.24) is 9.80 Å². The largest absolute Gasteiger partial charge is 0.339 e. The average Bonchev–Trinajstić information content (AvgIpc) is 2.69. The molecule has 1 heterocycles. The lowest BCUT2D eigenvalue weighted by atomic mass is 10.0. The van der Waals surface area contributed by atoms with Crippen molar-refractivity contribution in [2.75, 3.05) is 26.7 Å². The molecular formula is C22H26N2O2. The van der Waals surface area contributed by atoms with Gasteiger partial charge in [-0.1, -0.05) is 60.7 Å². The summed E-state index contributed by atoms with van der Waals surface area (Å²) in [6, 6.07) is 19.9. The van der Waals surface area contributed by atoms with Crippen LogP contribution in [0.1, 0.15) is 41.2 Å². The van der Waals surface area contributed by atoms with Gasteiger partial charge in [0.1, 0.15) is 0 Å². The van der Waals surface area contributed by atoms with Crippen molar-refractivity contribution in [1.29, 1.82) is 0 Å². The molecule has 2 aromatic carbocycles. The van der Waals surface area contributed by atoms with E-state index in [9.17, 15) is 9.59 Å². The van der Waals surface area contributed by atoms with Crippen LogP contribution < -0.4 is 0 Å². The normalized spacial score (nSPS) is 17.9. The molecule has 0 aliphatic carbocycles. The SMILES string of the molecule is CN1CCN(C(=O)CCCC(=O)c2ccccc2)CC1c1ccccc1. The highest BCUT2D eigenvalue weighted by Crippen LogP contribution is 2.24. The summed E-state index contributed by atoms with van der Waals surface area (Å²) in [4.78, 5) is 29.0. The Balaban J connectivity index is 1.51. The maximum absolute atomic E-state index is 12.6. The van der Waals surface area contributed by atoms with Crippen molar-refractivity contribution >= 4 is 11.7 Å². The molecule has 2 aromatic rings. The fourth-order valence-corrected chi connectivity index (χ4v) is 3.46. The highest BCUT2D eigenvalue weighted by atomic mass is 16.2. The van der Waals surface area contributed by atoms with E-state index in [1.165, 1.54) is 5.56 Å². The molecule has 4 nitrogen and oxygen atoms in total. The molecule has 1 amide bonds. The number of piperazine rings is 1. The number of rotatable bonds is 6. The van der Waals surface area contributed by atoms with Crippen LogP contribution in [-0.2, 0) is 4.79 Å². The van der Waals surface area contributed by atoms with E-state index < -0.39 is 0 Å². The molecule has 0 bridgehead atoms. The first kappa shape index (κ1) is 18.3. The zero-order valence-electron chi connectivity index (χ0n) is 15.3. The van der Waals surface area contributed by atoms with Crippen LogP contribution in [0.15, 0.2) is 60.7 Å². The number of carbonyl (C=O) groups is 2. The van der Waals surface area contributed by atoms with Gasteiger partial charge >= 0.3 is 0 Å². The third kappa shape index (κ3) is 4.58. The van der Waals surface area contributed by atoms with E-state index in [4.69, 9.17) is 0 Å². The van der Waals surface area contributed by atoms with Gasteiger partial charge in [-0.05, 0) is 19.0 Å². The maximum atomic E-state index is 12.6. The molecule has 0 aromatic heterocycles. The number of ketones is 1. The number of likely N-dealkylation sites (N-methyl/N-ethyl adjacent to an activating group) is 1. The van der Waals surface area contributed by atoms with Gasteiger partial charge in [0.15, 0.2) is 5.78 Å². The number of hydrogen-bond donors (Lipinski definition) is 0. The van der Waals surface area contributed by atoms with Gasteiger partial charge in [0.25, 0.3) is 0 Å². The van der Waals surface area contributed by atoms with Crippen LogP contribution in [-0.4, -0.2) is 48.2 Å². The van der Waals surface area contributed by atoms with Gasteiger partial charge in [0.05, 0.1) is 6.04 Å². The molecule has 1 saturated heterocycles. The Morgan fingerprint density at radius 3 is 2.27 bits per heavy atom.